The SMILES string of the molecule is C[C@@H]1OC(C)(C)N(C(=O)c2ccccc2-c2ccccc2)[C@@H]1C(=O)O. The summed E-state index contributed by atoms with van der Waals surface area (Å²) in [4.78, 5) is 26.4. The summed E-state index contributed by atoms with van der Waals surface area (Å²) in [6.07, 6.45) is -0.583. The first kappa shape index (κ1) is 17.2. The van der Waals surface area contributed by atoms with Crippen LogP contribution in [0.4, 0.5) is 0 Å². The molecule has 1 fully saturated rings. The molecule has 1 aliphatic rings. The number of aliphatic carboxylic acids is 1. The van der Waals surface area contributed by atoms with Crippen molar-refractivity contribution >= 4 is 11.9 Å². The number of carbonyl (C=O) groups excluding carboxylic acids is 1. The molecule has 0 unspecified atom stereocenters. The molecule has 0 aromatic heterocycles. The number of benzene rings is 2. The molecular formula is C20H21NO4. The summed E-state index contributed by atoms with van der Waals surface area (Å²) in [5.74, 6) is -1.41. The van der Waals surface area contributed by atoms with Crippen LogP contribution in [0.3, 0.4) is 0 Å². The lowest BCUT2D eigenvalue weighted by Gasteiger charge is -2.32. The van der Waals surface area contributed by atoms with E-state index in [1.807, 2.05) is 42.5 Å². The monoisotopic (exact) mass is 339 g/mol. The zero-order valence-corrected chi connectivity index (χ0v) is 14.5. The van der Waals surface area contributed by atoms with Gasteiger partial charge in [0.2, 0.25) is 0 Å². The zero-order valence-electron chi connectivity index (χ0n) is 14.5. The van der Waals surface area contributed by atoms with Crippen LogP contribution >= 0.6 is 0 Å². The summed E-state index contributed by atoms with van der Waals surface area (Å²) in [6, 6.07) is 15.8. The quantitative estimate of drug-likeness (QED) is 0.931. The number of hydrogen-bond donors (Lipinski definition) is 1. The van der Waals surface area contributed by atoms with Crippen molar-refractivity contribution < 1.29 is 19.4 Å². The number of hydrogen-bond acceptors (Lipinski definition) is 3. The third-order valence-corrected chi connectivity index (χ3v) is 4.49. The van der Waals surface area contributed by atoms with Crippen molar-refractivity contribution in [1.29, 1.82) is 0 Å². The summed E-state index contributed by atoms with van der Waals surface area (Å²) >= 11 is 0. The molecule has 1 aliphatic heterocycles. The highest BCUT2D eigenvalue weighted by atomic mass is 16.5. The summed E-state index contributed by atoms with van der Waals surface area (Å²) in [7, 11) is 0. The number of carboxylic acids is 1. The lowest BCUT2D eigenvalue weighted by molar-refractivity contribution is -0.142. The van der Waals surface area contributed by atoms with Gasteiger partial charge in [-0.25, -0.2) is 4.79 Å². The molecule has 25 heavy (non-hydrogen) atoms. The molecule has 3 rings (SSSR count). The van der Waals surface area contributed by atoms with E-state index in [-0.39, 0.29) is 5.91 Å². The van der Waals surface area contributed by atoms with E-state index in [1.165, 1.54) is 4.90 Å². The molecule has 0 aliphatic carbocycles. The fraction of sp³-hybridized carbons (Fsp3) is 0.300. The normalized spacial score (nSPS) is 22.0. The second-order valence-electron chi connectivity index (χ2n) is 6.64. The van der Waals surface area contributed by atoms with Gasteiger partial charge in [-0.05, 0) is 38.0 Å². The van der Waals surface area contributed by atoms with Gasteiger partial charge in [0, 0.05) is 5.56 Å². The predicted molar refractivity (Wildman–Crippen MR) is 94.1 cm³/mol. The maximum absolute atomic E-state index is 13.3. The van der Waals surface area contributed by atoms with E-state index in [2.05, 4.69) is 0 Å². The van der Waals surface area contributed by atoms with Crippen molar-refractivity contribution in [1.82, 2.24) is 4.90 Å². The number of rotatable bonds is 3. The van der Waals surface area contributed by atoms with Crippen molar-refractivity contribution in [2.75, 3.05) is 0 Å². The van der Waals surface area contributed by atoms with Crippen molar-refractivity contribution in [3.05, 3.63) is 60.2 Å². The minimum Gasteiger partial charge on any atom is -0.480 e. The number of carbonyl (C=O) groups is 2. The molecule has 2 aromatic carbocycles. The van der Waals surface area contributed by atoms with Crippen LogP contribution in [0.2, 0.25) is 0 Å². The molecule has 0 radical (unpaired) electrons. The fourth-order valence-corrected chi connectivity index (χ4v) is 3.47. The van der Waals surface area contributed by atoms with E-state index in [0.717, 1.165) is 11.1 Å². The molecule has 2 aromatic rings. The molecule has 5 nitrogen and oxygen atoms in total. The number of amides is 1. The van der Waals surface area contributed by atoms with Crippen molar-refractivity contribution in [3.63, 3.8) is 0 Å². The Hall–Kier alpha value is -2.66. The van der Waals surface area contributed by atoms with Gasteiger partial charge in [0.05, 0.1) is 6.10 Å². The Balaban J connectivity index is 2.08. The van der Waals surface area contributed by atoms with Crippen molar-refractivity contribution in [2.24, 2.45) is 0 Å². The predicted octanol–water partition coefficient (Wildman–Crippen LogP) is 3.40. The molecule has 1 saturated heterocycles. The first-order chi connectivity index (χ1) is 11.8. The van der Waals surface area contributed by atoms with E-state index in [0.29, 0.717) is 5.56 Å². The van der Waals surface area contributed by atoms with Crippen LogP contribution < -0.4 is 0 Å². The number of nitrogens with zero attached hydrogens (tertiary/aromatic N) is 1. The smallest absolute Gasteiger partial charge is 0.329 e. The summed E-state index contributed by atoms with van der Waals surface area (Å²) in [5, 5.41) is 9.59. The van der Waals surface area contributed by atoms with Gasteiger partial charge in [-0.3, -0.25) is 9.69 Å². The van der Waals surface area contributed by atoms with Crippen LogP contribution in [-0.2, 0) is 9.53 Å². The number of carboxylic acid groups (broad SMARTS) is 1. The van der Waals surface area contributed by atoms with Gasteiger partial charge in [-0.1, -0.05) is 48.5 Å². The third kappa shape index (κ3) is 3.03. The first-order valence-corrected chi connectivity index (χ1v) is 8.21. The fourth-order valence-electron chi connectivity index (χ4n) is 3.47. The third-order valence-electron chi connectivity index (χ3n) is 4.49. The lowest BCUT2D eigenvalue weighted by Crippen LogP contribution is -2.51. The standard InChI is InChI=1S/C20H21NO4/c1-13-17(19(23)24)21(20(2,3)25-13)18(22)16-12-8-7-11-15(16)14-9-5-4-6-10-14/h4-13,17H,1-3H3,(H,23,24)/t13-,17-/m0/s1. The van der Waals surface area contributed by atoms with Gasteiger partial charge < -0.3 is 9.84 Å². The highest BCUT2D eigenvalue weighted by Crippen LogP contribution is 2.35. The van der Waals surface area contributed by atoms with Gasteiger partial charge >= 0.3 is 5.97 Å². The van der Waals surface area contributed by atoms with Gasteiger partial charge in [0.1, 0.15) is 5.72 Å². The van der Waals surface area contributed by atoms with Gasteiger partial charge in [-0.2, -0.15) is 0 Å². The largest absolute Gasteiger partial charge is 0.480 e. The van der Waals surface area contributed by atoms with Crippen LogP contribution in [-0.4, -0.2) is 39.8 Å². The Morgan fingerprint density at radius 2 is 1.64 bits per heavy atom. The molecule has 130 valence electrons. The Kier molecular flexibility index (Phi) is 4.35. The maximum atomic E-state index is 13.3. The maximum Gasteiger partial charge on any atom is 0.329 e. The van der Waals surface area contributed by atoms with Crippen LogP contribution in [0.25, 0.3) is 11.1 Å². The molecule has 1 amide bonds. The zero-order chi connectivity index (χ0) is 18.2. The lowest BCUT2D eigenvalue weighted by atomic mass is 9.97. The van der Waals surface area contributed by atoms with Crippen molar-refractivity contribution in [3.8, 4) is 11.1 Å². The van der Waals surface area contributed by atoms with E-state index in [9.17, 15) is 14.7 Å². The molecule has 0 saturated carbocycles. The molecule has 0 spiro atoms. The molecule has 1 N–H and O–H groups in total. The van der Waals surface area contributed by atoms with Crippen LogP contribution in [0.15, 0.2) is 54.6 Å². The minimum absolute atomic E-state index is 0.346. The Morgan fingerprint density at radius 1 is 1.04 bits per heavy atom. The van der Waals surface area contributed by atoms with Gasteiger partial charge in [0.15, 0.2) is 6.04 Å². The highest BCUT2D eigenvalue weighted by molar-refractivity contribution is 6.03. The summed E-state index contributed by atoms with van der Waals surface area (Å²) in [5.41, 5.74) is 1.14. The Morgan fingerprint density at radius 3 is 2.28 bits per heavy atom. The van der Waals surface area contributed by atoms with E-state index < -0.39 is 23.8 Å². The Bertz CT molecular complexity index is 800. The molecular weight excluding hydrogens is 318 g/mol. The first-order valence-electron chi connectivity index (χ1n) is 8.21. The van der Waals surface area contributed by atoms with Crippen LogP contribution in [0.1, 0.15) is 31.1 Å². The average Bonchev–Trinajstić information content (AvgIpc) is 2.83. The molecule has 2 atom stereocenters. The van der Waals surface area contributed by atoms with E-state index in [1.54, 1.807) is 32.9 Å². The second kappa shape index (κ2) is 6.33. The molecule has 0 bridgehead atoms. The van der Waals surface area contributed by atoms with Crippen LogP contribution in [0, 0.1) is 0 Å². The summed E-state index contributed by atoms with van der Waals surface area (Å²) < 4.78 is 5.75. The second-order valence-corrected chi connectivity index (χ2v) is 6.64. The highest BCUT2D eigenvalue weighted by Gasteiger charge is 2.51. The Labute approximate surface area is 146 Å². The topological polar surface area (TPSA) is 66.8 Å². The van der Waals surface area contributed by atoms with Crippen molar-refractivity contribution in [2.45, 2.75) is 38.6 Å². The average molecular weight is 339 g/mol. The van der Waals surface area contributed by atoms with E-state index in [4.69, 9.17) is 4.74 Å². The van der Waals surface area contributed by atoms with Crippen LogP contribution in [0.5, 0.6) is 0 Å². The number of ether oxygens (including phenoxy) is 1. The minimum atomic E-state index is -1.07. The molecule has 1 heterocycles. The van der Waals surface area contributed by atoms with Gasteiger partial charge in [-0.15, -0.1) is 0 Å². The van der Waals surface area contributed by atoms with Gasteiger partial charge in [0.25, 0.3) is 5.91 Å². The molecule has 5 heteroatoms. The summed E-state index contributed by atoms with van der Waals surface area (Å²) in [6.45, 7) is 5.11. The van der Waals surface area contributed by atoms with E-state index >= 15 is 0 Å².